The summed E-state index contributed by atoms with van der Waals surface area (Å²) in [5, 5.41) is 8.77. The molecular formula is C16H22N2O. The fourth-order valence-electron chi connectivity index (χ4n) is 2.67. The summed E-state index contributed by atoms with van der Waals surface area (Å²) in [6.45, 7) is 8.09. The highest BCUT2D eigenvalue weighted by Crippen LogP contribution is 2.33. The average Bonchev–Trinajstić information content (AvgIpc) is 2.79. The minimum atomic E-state index is 0.439. The van der Waals surface area contributed by atoms with Gasteiger partial charge < -0.3 is 9.64 Å². The Morgan fingerprint density at radius 2 is 2.21 bits per heavy atom. The van der Waals surface area contributed by atoms with Crippen LogP contribution in [0.4, 0.5) is 0 Å². The van der Waals surface area contributed by atoms with Gasteiger partial charge in [-0.1, -0.05) is 32.0 Å². The van der Waals surface area contributed by atoms with E-state index in [1.807, 2.05) is 12.1 Å². The van der Waals surface area contributed by atoms with Crippen LogP contribution in [-0.2, 0) is 0 Å². The number of benzene rings is 1. The van der Waals surface area contributed by atoms with Crippen molar-refractivity contribution < 1.29 is 4.74 Å². The molecule has 1 aliphatic heterocycles. The fourth-order valence-corrected chi connectivity index (χ4v) is 2.67. The van der Waals surface area contributed by atoms with Gasteiger partial charge in [0.25, 0.3) is 0 Å². The third-order valence-electron chi connectivity index (χ3n) is 3.44. The molecule has 1 heterocycles. The zero-order valence-electron chi connectivity index (χ0n) is 11.8. The van der Waals surface area contributed by atoms with E-state index in [2.05, 4.69) is 36.9 Å². The molecule has 0 radical (unpaired) electrons. The highest BCUT2D eigenvalue weighted by Gasteiger charge is 2.25. The smallest absolute Gasteiger partial charge is 0.122 e. The standard InChI is InChI=1S/C16H22N2O/c1-13(2)10-18(9-5-8-17)11-14-12-19-16-7-4-3-6-15(14)16/h3-4,6-7,13-14H,5,9-12H2,1-2H3. The molecule has 0 bridgehead atoms. The molecule has 3 nitrogen and oxygen atoms in total. The van der Waals surface area contributed by atoms with Crippen molar-refractivity contribution in [1.82, 2.24) is 4.90 Å². The third kappa shape index (κ3) is 3.71. The van der Waals surface area contributed by atoms with Crippen LogP contribution >= 0.6 is 0 Å². The van der Waals surface area contributed by atoms with Gasteiger partial charge in [0, 0.05) is 37.5 Å². The molecule has 0 aromatic heterocycles. The summed E-state index contributed by atoms with van der Waals surface area (Å²) in [6, 6.07) is 10.5. The first-order valence-electron chi connectivity index (χ1n) is 7.01. The van der Waals surface area contributed by atoms with E-state index >= 15 is 0 Å². The molecule has 1 atom stereocenters. The number of para-hydroxylation sites is 1. The Kier molecular flexibility index (Phi) is 4.81. The van der Waals surface area contributed by atoms with Crippen molar-refractivity contribution in [2.24, 2.45) is 5.92 Å². The molecule has 102 valence electrons. The van der Waals surface area contributed by atoms with Crippen LogP contribution in [0.5, 0.6) is 5.75 Å². The lowest BCUT2D eigenvalue weighted by atomic mass is 10.00. The largest absolute Gasteiger partial charge is 0.493 e. The highest BCUT2D eigenvalue weighted by molar-refractivity contribution is 5.39. The number of hydrogen-bond acceptors (Lipinski definition) is 3. The van der Waals surface area contributed by atoms with Crippen LogP contribution in [0.3, 0.4) is 0 Å². The number of ether oxygens (including phenoxy) is 1. The number of fused-ring (bicyclic) bond motifs is 1. The first-order valence-corrected chi connectivity index (χ1v) is 7.01. The Morgan fingerprint density at radius 1 is 1.42 bits per heavy atom. The predicted octanol–water partition coefficient (Wildman–Crippen LogP) is 3.03. The van der Waals surface area contributed by atoms with Gasteiger partial charge >= 0.3 is 0 Å². The Bertz CT molecular complexity index is 450. The Hall–Kier alpha value is -1.53. The Morgan fingerprint density at radius 3 is 2.95 bits per heavy atom. The van der Waals surface area contributed by atoms with Gasteiger partial charge in [-0.15, -0.1) is 0 Å². The summed E-state index contributed by atoms with van der Waals surface area (Å²) >= 11 is 0. The van der Waals surface area contributed by atoms with Gasteiger partial charge in [-0.3, -0.25) is 0 Å². The van der Waals surface area contributed by atoms with Crippen molar-refractivity contribution in [1.29, 1.82) is 5.26 Å². The average molecular weight is 258 g/mol. The molecule has 0 saturated heterocycles. The van der Waals surface area contributed by atoms with Crippen molar-refractivity contribution in [3.8, 4) is 11.8 Å². The quantitative estimate of drug-likeness (QED) is 0.787. The molecule has 1 aromatic carbocycles. The Balaban J connectivity index is 2.00. The molecule has 0 saturated carbocycles. The lowest BCUT2D eigenvalue weighted by Crippen LogP contribution is -2.33. The van der Waals surface area contributed by atoms with E-state index in [4.69, 9.17) is 10.00 Å². The number of nitriles is 1. The van der Waals surface area contributed by atoms with Crippen LogP contribution in [-0.4, -0.2) is 31.1 Å². The number of hydrogen-bond donors (Lipinski definition) is 0. The molecule has 0 fully saturated rings. The minimum absolute atomic E-state index is 0.439. The third-order valence-corrected chi connectivity index (χ3v) is 3.44. The lowest BCUT2D eigenvalue weighted by molar-refractivity contribution is 0.216. The van der Waals surface area contributed by atoms with Crippen LogP contribution in [0.15, 0.2) is 24.3 Å². The normalized spacial score (nSPS) is 17.3. The monoisotopic (exact) mass is 258 g/mol. The van der Waals surface area contributed by atoms with Gasteiger partial charge in [-0.2, -0.15) is 5.26 Å². The summed E-state index contributed by atoms with van der Waals surface area (Å²) in [5.74, 6) is 2.09. The maximum absolute atomic E-state index is 8.77. The number of rotatable bonds is 6. The molecule has 1 aromatic rings. The summed E-state index contributed by atoms with van der Waals surface area (Å²) < 4.78 is 5.73. The summed E-state index contributed by atoms with van der Waals surface area (Å²) in [6.07, 6.45) is 0.599. The van der Waals surface area contributed by atoms with E-state index in [0.717, 1.165) is 32.0 Å². The maximum atomic E-state index is 8.77. The van der Waals surface area contributed by atoms with Gasteiger partial charge in [0.1, 0.15) is 5.75 Å². The second-order valence-electron chi connectivity index (χ2n) is 5.61. The van der Waals surface area contributed by atoms with Crippen LogP contribution in [0.1, 0.15) is 31.7 Å². The van der Waals surface area contributed by atoms with Gasteiger partial charge in [-0.25, -0.2) is 0 Å². The molecule has 0 aliphatic carbocycles. The lowest BCUT2D eigenvalue weighted by Gasteiger charge is -2.25. The van der Waals surface area contributed by atoms with E-state index in [9.17, 15) is 0 Å². The van der Waals surface area contributed by atoms with Crippen LogP contribution in [0, 0.1) is 17.2 Å². The van der Waals surface area contributed by atoms with Crippen LogP contribution < -0.4 is 4.74 Å². The van der Waals surface area contributed by atoms with Gasteiger partial charge in [0.05, 0.1) is 12.7 Å². The minimum Gasteiger partial charge on any atom is -0.493 e. The van der Waals surface area contributed by atoms with E-state index in [0.29, 0.717) is 18.3 Å². The van der Waals surface area contributed by atoms with Crippen molar-refractivity contribution in [2.45, 2.75) is 26.2 Å². The van der Waals surface area contributed by atoms with E-state index < -0.39 is 0 Å². The maximum Gasteiger partial charge on any atom is 0.122 e. The molecule has 2 rings (SSSR count). The second-order valence-corrected chi connectivity index (χ2v) is 5.61. The summed E-state index contributed by atoms with van der Waals surface area (Å²) in [5.41, 5.74) is 1.31. The first kappa shape index (κ1) is 13.9. The molecule has 0 N–H and O–H groups in total. The van der Waals surface area contributed by atoms with Gasteiger partial charge in [0.2, 0.25) is 0 Å². The molecule has 1 unspecified atom stereocenters. The van der Waals surface area contributed by atoms with E-state index in [1.54, 1.807) is 0 Å². The highest BCUT2D eigenvalue weighted by atomic mass is 16.5. The second kappa shape index (κ2) is 6.58. The molecule has 1 aliphatic rings. The predicted molar refractivity (Wildman–Crippen MR) is 76.2 cm³/mol. The molecule has 0 spiro atoms. The van der Waals surface area contributed by atoms with Gasteiger partial charge in [0.15, 0.2) is 0 Å². The number of nitrogens with zero attached hydrogens (tertiary/aromatic N) is 2. The zero-order chi connectivity index (χ0) is 13.7. The Labute approximate surface area is 115 Å². The fraction of sp³-hybridized carbons (Fsp3) is 0.562. The SMILES string of the molecule is CC(C)CN(CCC#N)CC1COc2ccccc21. The first-order chi connectivity index (χ1) is 9.20. The molecule has 19 heavy (non-hydrogen) atoms. The van der Waals surface area contributed by atoms with Crippen molar-refractivity contribution in [2.75, 3.05) is 26.2 Å². The topological polar surface area (TPSA) is 36.3 Å². The van der Waals surface area contributed by atoms with E-state index in [-0.39, 0.29) is 0 Å². The van der Waals surface area contributed by atoms with Crippen molar-refractivity contribution in [3.05, 3.63) is 29.8 Å². The zero-order valence-corrected chi connectivity index (χ0v) is 11.8. The van der Waals surface area contributed by atoms with Crippen molar-refractivity contribution in [3.63, 3.8) is 0 Å². The van der Waals surface area contributed by atoms with Crippen LogP contribution in [0.2, 0.25) is 0 Å². The van der Waals surface area contributed by atoms with E-state index in [1.165, 1.54) is 5.56 Å². The van der Waals surface area contributed by atoms with Gasteiger partial charge in [-0.05, 0) is 12.0 Å². The molecule has 0 amide bonds. The molecule has 3 heteroatoms. The van der Waals surface area contributed by atoms with Crippen molar-refractivity contribution >= 4 is 0 Å². The van der Waals surface area contributed by atoms with Crippen LogP contribution in [0.25, 0.3) is 0 Å². The summed E-state index contributed by atoms with van der Waals surface area (Å²) in [7, 11) is 0. The summed E-state index contributed by atoms with van der Waals surface area (Å²) in [4.78, 5) is 2.39. The molecular weight excluding hydrogens is 236 g/mol.